The molecular formula is C12H15NO2. The average molecular weight is 205 g/mol. The first-order valence-corrected chi connectivity index (χ1v) is 5.10. The van der Waals surface area contributed by atoms with Crippen LogP contribution in [0.3, 0.4) is 0 Å². The fourth-order valence-corrected chi connectivity index (χ4v) is 1.87. The number of benzene rings is 1. The number of hydrogen-bond donors (Lipinski definition) is 0. The van der Waals surface area contributed by atoms with E-state index in [0.29, 0.717) is 0 Å². The third-order valence-electron chi connectivity index (χ3n) is 2.64. The highest BCUT2D eigenvalue weighted by Crippen LogP contribution is 2.33. The number of fused-ring (bicyclic) bond motifs is 1. The van der Waals surface area contributed by atoms with Crippen LogP contribution in [0.4, 0.5) is 5.69 Å². The second kappa shape index (κ2) is 3.57. The first-order chi connectivity index (χ1) is 7.08. The van der Waals surface area contributed by atoms with Crippen LogP contribution in [0, 0.1) is 0 Å². The molecule has 0 spiro atoms. The van der Waals surface area contributed by atoms with Crippen molar-refractivity contribution in [3.8, 4) is 5.75 Å². The van der Waals surface area contributed by atoms with Gasteiger partial charge in [0.25, 0.3) is 0 Å². The minimum atomic E-state index is 0.0878. The number of carbonyl (C=O) groups excluding carboxylic acids is 1. The van der Waals surface area contributed by atoms with Crippen LogP contribution in [0.1, 0.15) is 24.2 Å². The Bertz CT molecular complexity index is 401. The first kappa shape index (κ1) is 10.0. The fourth-order valence-electron chi connectivity index (χ4n) is 1.87. The van der Waals surface area contributed by atoms with Crippen molar-refractivity contribution in [1.29, 1.82) is 0 Å². The van der Waals surface area contributed by atoms with Gasteiger partial charge in [0.05, 0.1) is 12.2 Å². The third-order valence-corrected chi connectivity index (χ3v) is 2.64. The van der Waals surface area contributed by atoms with Gasteiger partial charge in [-0.2, -0.15) is 0 Å². The summed E-state index contributed by atoms with van der Waals surface area (Å²) in [6, 6.07) is 5.58. The Morgan fingerprint density at radius 3 is 2.93 bits per heavy atom. The molecule has 0 aromatic heterocycles. The van der Waals surface area contributed by atoms with Crippen molar-refractivity contribution >= 4 is 11.5 Å². The lowest BCUT2D eigenvalue weighted by Crippen LogP contribution is -2.35. The molecule has 1 atom stereocenters. The summed E-state index contributed by atoms with van der Waals surface area (Å²) in [6.07, 6.45) is 0.200. The zero-order chi connectivity index (χ0) is 11.0. The molecule has 0 saturated heterocycles. The SMILES string of the molecule is CC(=O)c1ccc2c(c1)N(C)CC(C)O2. The Balaban J connectivity index is 2.43. The first-order valence-electron chi connectivity index (χ1n) is 5.10. The number of hydrogen-bond acceptors (Lipinski definition) is 3. The number of rotatable bonds is 1. The monoisotopic (exact) mass is 205 g/mol. The zero-order valence-corrected chi connectivity index (χ0v) is 9.28. The van der Waals surface area contributed by atoms with E-state index < -0.39 is 0 Å². The van der Waals surface area contributed by atoms with E-state index in [1.165, 1.54) is 0 Å². The van der Waals surface area contributed by atoms with E-state index in [4.69, 9.17) is 4.74 Å². The normalized spacial score (nSPS) is 19.4. The van der Waals surface area contributed by atoms with Gasteiger partial charge < -0.3 is 9.64 Å². The van der Waals surface area contributed by atoms with Crippen LogP contribution in [-0.4, -0.2) is 25.5 Å². The summed E-state index contributed by atoms with van der Waals surface area (Å²) in [7, 11) is 2.02. The van der Waals surface area contributed by atoms with Crippen molar-refractivity contribution in [3.63, 3.8) is 0 Å². The predicted molar refractivity (Wildman–Crippen MR) is 59.8 cm³/mol. The summed E-state index contributed by atoms with van der Waals surface area (Å²) in [6.45, 7) is 4.47. The van der Waals surface area contributed by atoms with Crippen molar-refractivity contribution < 1.29 is 9.53 Å². The van der Waals surface area contributed by atoms with Gasteiger partial charge in [-0.25, -0.2) is 0 Å². The molecule has 1 unspecified atom stereocenters. The van der Waals surface area contributed by atoms with E-state index in [0.717, 1.165) is 23.5 Å². The predicted octanol–water partition coefficient (Wildman–Crippen LogP) is 2.11. The van der Waals surface area contributed by atoms with Crippen molar-refractivity contribution in [3.05, 3.63) is 23.8 Å². The van der Waals surface area contributed by atoms with Gasteiger partial charge >= 0.3 is 0 Å². The van der Waals surface area contributed by atoms with Crippen molar-refractivity contribution in [2.24, 2.45) is 0 Å². The van der Waals surface area contributed by atoms with Gasteiger partial charge in [-0.05, 0) is 32.0 Å². The molecule has 0 saturated carbocycles. The summed E-state index contributed by atoms with van der Waals surface area (Å²) in [4.78, 5) is 13.4. The molecule has 0 aliphatic carbocycles. The molecule has 1 aromatic rings. The summed E-state index contributed by atoms with van der Waals surface area (Å²) in [5, 5.41) is 0. The van der Waals surface area contributed by atoms with Crippen LogP contribution in [0.25, 0.3) is 0 Å². The molecule has 1 aromatic carbocycles. The van der Waals surface area contributed by atoms with Crippen LogP contribution in [0.15, 0.2) is 18.2 Å². The maximum atomic E-state index is 11.2. The van der Waals surface area contributed by atoms with Gasteiger partial charge in [-0.3, -0.25) is 4.79 Å². The van der Waals surface area contributed by atoms with E-state index in [1.54, 1.807) is 6.92 Å². The topological polar surface area (TPSA) is 29.5 Å². The quantitative estimate of drug-likeness (QED) is 0.657. The largest absolute Gasteiger partial charge is 0.487 e. The van der Waals surface area contributed by atoms with Gasteiger partial charge in [0.2, 0.25) is 0 Å². The molecule has 15 heavy (non-hydrogen) atoms. The fraction of sp³-hybridized carbons (Fsp3) is 0.417. The molecule has 1 heterocycles. The van der Waals surface area contributed by atoms with Crippen LogP contribution in [-0.2, 0) is 0 Å². The van der Waals surface area contributed by atoms with Gasteiger partial charge in [0, 0.05) is 12.6 Å². The van der Waals surface area contributed by atoms with Crippen molar-refractivity contribution in [2.75, 3.05) is 18.5 Å². The minimum Gasteiger partial charge on any atom is -0.487 e. The summed E-state index contributed by atoms with van der Waals surface area (Å²) < 4.78 is 5.68. The lowest BCUT2D eigenvalue weighted by Gasteiger charge is -2.32. The van der Waals surface area contributed by atoms with Crippen molar-refractivity contribution in [2.45, 2.75) is 20.0 Å². The second-order valence-electron chi connectivity index (χ2n) is 4.05. The molecule has 0 bridgehead atoms. The van der Waals surface area contributed by atoms with Gasteiger partial charge in [-0.1, -0.05) is 0 Å². The van der Waals surface area contributed by atoms with Crippen molar-refractivity contribution in [1.82, 2.24) is 0 Å². The molecule has 0 radical (unpaired) electrons. The van der Waals surface area contributed by atoms with Crippen LogP contribution >= 0.6 is 0 Å². The highest BCUT2D eigenvalue weighted by Gasteiger charge is 2.20. The molecule has 2 rings (SSSR count). The molecular weight excluding hydrogens is 190 g/mol. The highest BCUT2D eigenvalue weighted by atomic mass is 16.5. The number of nitrogens with zero attached hydrogens (tertiary/aromatic N) is 1. The summed E-state index contributed by atoms with van der Waals surface area (Å²) in [5.74, 6) is 0.950. The summed E-state index contributed by atoms with van der Waals surface area (Å²) >= 11 is 0. The minimum absolute atomic E-state index is 0.0878. The molecule has 80 valence electrons. The van der Waals surface area contributed by atoms with E-state index in [1.807, 2.05) is 32.2 Å². The summed E-state index contributed by atoms with van der Waals surface area (Å²) in [5.41, 5.74) is 1.74. The highest BCUT2D eigenvalue weighted by molar-refractivity contribution is 5.95. The Morgan fingerprint density at radius 2 is 2.27 bits per heavy atom. The Labute approximate surface area is 89.7 Å². The number of ketones is 1. The number of carbonyl (C=O) groups is 1. The number of Topliss-reactive ketones (excluding diaryl/α,β-unsaturated/α-hetero) is 1. The van der Waals surface area contributed by atoms with Gasteiger partial charge in [0.15, 0.2) is 5.78 Å². The molecule has 0 N–H and O–H groups in total. The standard InChI is InChI=1S/C12H15NO2/c1-8-7-13(3)11-6-10(9(2)14)4-5-12(11)15-8/h4-6,8H,7H2,1-3H3. The lowest BCUT2D eigenvalue weighted by atomic mass is 10.1. The van der Waals surface area contributed by atoms with Gasteiger partial charge in [-0.15, -0.1) is 0 Å². The van der Waals surface area contributed by atoms with Crippen LogP contribution < -0.4 is 9.64 Å². The smallest absolute Gasteiger partial charge is 0.159 e. The molecule has 3 heteroatoms. The zero-order valence-electron chi connectivity index (χ0n) is 9.28. The third kappa shape index (κ3) is 1.82. The number of anilines is 1. The molecule has 1 aliphatic heterocycles. The number of ether oxygens (including phenoxy) is 1. The molecule has 0 fully saturated rings. The Hall–Kier alpha value is -1.51. The number of likely N-dealkylation sites (N-methyl/N-ethyl adjacent to an activating group) is 1. The maximum Gasteiger partial charge on any atom is 0.159 e. The van der Waals surface area contributed by atoms with E-state index >= 15 is 0 Å². The maximum absolute atomic E-state index is 11.2. The molecule has 1 aliphatic rings. The Morgan fingerprint density at radius 1 is 1.53 bits per heavy atom. The van der Waals surface area contributed by atoms with Crippen LogP contribution in [0.2, 0.25) is 0 Å². The Kier molecular flexibility index (Phi) is 2.39. The van der Waals surface area contributed by atoms with E-state index in [-0.39, 0.29) is 11.9 Å². The molecule has 0 amide bonds. The van der Waals surface area contributed by atoms with E-state index in [2.05, 4.69) is 4.90 Å². The average Bonchev–Trinajstić information content (AvgIpc) is 2.16. The second-order valence-corrected chi connectivity index (χ2v) is 4.05. The van der Waals surface area contributed by atoms with E-state index in [9.17, 15) is 4.79 Å². The molecule has 3 nitrogen and oxygen atoms in total. The van der Waals surface area contributed by atoms with Gasteiger partial charge in [0.1, 0.15) is 11.9 Å². The van der Waals surface area contributed by atoms with Crippen LogP contribution in [0.5, 0.6) is 5.75 Å². The lowest BCUT2D eigenvalue weighted by molar-refractivity contribution is 0.101.